The predicted octanol–water partition coefficient (Wildman–Crippen LogP) is 2.57. The first-order valence-corrected chi connectivity index (χ1v) is 5.85. The minimum Gasteiger partial charge on any atom is -0.337 e. The molecule has 0 fully saturated rings. The number of hydrogen-bond acceptors (Lipinski definition) is 2. The third-order valence-corrected chi connectivity index (χ3v) is 2.94. The Morgan fingerprint density at radius 2 is 2.25 bits per heavy atom. The van der Waals surface area contributed by atoms with E-state index in [1.807, 2.05) is 23.1 Å². The van der Waals surface area contributed by atoms with Crippen molar-refractivity contribution in [2.75, 3.05) is 0 Å². The molecule has 16 heavy (non-hydrogen) atoms. The summed E-state index contributed by atoms with van der Waals surface area (Å²) in [4.78, 5) is 3.10. The molecule has 1 N–H and O–H groups in total. The summed E-state index contributed by atoms with van der Waals surface area (Å²) < 4.78 is 4.84. The average molecular weight is 236 g/mol. The first-order valence-electron chi connectivity index (χ1n) is 5.44. The van der Waals surface area contributed by atoms with Crippen molar-refractivity contribution >= 4 is 12.2 Å². The maximum atomic E-state index is 5.26. The van der Waals surface area contributed by atoms with Crippen molar-refractivity contribution in [2.45, 2.75) is 32.9 Å². The zero-order chi connectivity index (χ0) is 11.5. The number of aryl methyl sites for hydroxylation is 1. The molecule has 0 radical (unpaired) electrons. The Bertz CT molecular complexity index is 492. The van der Waals surface area contributed by atoms with E-state index in [0.29, 0.717) is 5.92 Å². The van der Waals surface area contributed by atoms with Gasteiger partial charge in [-0.1, -0.05) is 13.8 Å². The van der Waals surface area contributed by atoms with Crippen LogP contribution in [0.5, 0.6) is 0 Å². The monoisotopic (exact) mass is 236 g/mol. The molecule has 5 heteroatoms. The van der Waals surface area contributed by atoms with Crippen molar-refractivity contribution < 1.29 is 0 Å². The summed E-state index contributed by atoms with van der Waals surface area (Å²) in [6.45, 7) is 6.04. The van der Waals surface area contributed by atoms with Gasteiger partial charge in [0.25, 0.3) is 0 Å². The lowest BCUT2D eigenvalue weighted by Gasteiger charge is -2.10. The smallest absolute Gasteiger partial charge is 0.177 e. The zero-order valence-electron chi connectivity index (χ0n) is 9.55. The molecule has 0 amide bonds. The minimum atomic E-state index is 0.477. The number of nitrogens with one attached hydrogen (secondary N) is 1. The number of nitrogens with zero attached hydrogens (tertiary/aromatic N) is 3. The molecule has 2 aromatic rings. The summed E-state index contributed by atoms with van der Waals surface area (Å²) in [5.41, 5.74) is 1.25. The van der Waals surface area contributed by atoms with Gasteiger partial charge in [-0.2, -0.15) is 5.10 Å². The summed E-state index contributed by atoms with van der Waals surface area (Å²) in [5, 5.41) is 4.18. The maximum absolute atomic E-state index is 5.26. The van der Waals surface area contributed by atoms with Crippen LogP contribution >= 0.6 is 12.2 Å². The number of imidazole rings is 1. The highest BCUT2D eigenvalue weighted by Gasteiger charge is 2.07. The molecule has 0 saturated heterocycles. The fraction of sp³-hybridized carbons (Fsp3) is 0.455. The fourth-order valence-corrected chi connectivity index (χ4v) is 2.01. The van der Waals surface area contributed by atoms with Gasteiger partial charge in [0.2, 0.25) is 0 Å². The van der Waals surface area contributed by atoms with Crippen molar-refractivity contribution in [3.63, 3.8) is 0 Å². The molecule has 2 heterocycles. The molecule has 0 aliphatic carbocycles. The largest absolute Gasteiger partial charge is 0.337 e. The molecule has 0 saturated carbocycles. The highest BCUT2D eigenvalue weighted by atomic mass is 32.1. The van der Waals surface area contributed by atoms with Gasteiger partial charge in [-0.25, -0.2) is 0 Å². The van der Waals surface area contributed by atoms with Gasteiger partial charge in [-0.15, -0.1) is 0 Å². The molecule has 0 aliphatic heterocycles. The Morgan fingerprint density at radius 1 is 1.44 bits per heavy atom. The van der Waals surface area contributed by atoms with E-state index >= 15 is 0 Å². The van der Waals surface area contributed by atoms with Gasteiger partial charge >= 0.3 is 0 Å². The van der Waals surface area contributed by atoms with Crippen LogP contribution in [0, 0.1) is 4.77 Å². The third kappa shape index (κ3) is 2.24. The lowest BCUT2D eigenvalue weighted by molar-refractivity contribution is 0.512. The fourth-order valence-electron chi connectivity index (χ4n) is 1.75. The number of hydrogen-bond donors (Lipinski definition) is 1. The van der Waals surface area contributed by atoms with Crippen molar-refractivity contribution in [1.29, 1.82) is 0 Å². The van der Waals surface area contributed by atoms with Crippen LogP contribution in [0.25, 0.3) is 0 Å². The van der Waals surface area contributed by atoms with Crippen molar-refractivity contribution in [1.82, 2.24) is 19.3 Å². The molecule has 0 bridgehead atoms. The van der Waals surface area contributed by atoms with Gasteiger partial charge < -0.3 is 9.55 Å². The summed E-state index contributed by atoms with van der Waals surface area (Å²) in [6.07, 6.45) is 5.75. The maximum Gasteiger partial charge on any atom is 0.177 e. The van der Waals surface area contributed by atoms with Crippen LogP contribution in [-0.4, -0.2) is 19.3 Å². The van der Waals surface area contributed by atoms with Crippen LogP contribution < -0.4 is 0 Å². The Balaban J connectivity index is 2.14. The Labute approximate surface area is 99.9 Å². The van der Waals surface area contributed by atoms with Gasteiger partial charge in [0.05, 0.1) is 6.54 Å². The van der Waals surface area contributed by atoms with Crippen LogP contribution in [0.15, 0.2) is 24.7 Å². The normalized spacial score (nSPS) is 11.2. The molecule has 0 spiro atoms. The average Bonchev–Trinajstić information content (AvgIpc) is 2.84. The predicted molar refractivity (Wildman–Crippen MR) is 65.9 cm³/mol. The number of aromatic nitrogens is 4. The van der Waals surface area contributed by atoms with Crippen LogP contribution in [0.2, 0.25) is 0 Å². The SMILES string of the molecule is CC(C)c1c[nH]c(=S)n1CCn1cccn1. The zero-order valence-corrected chi connectivity index (χ0v) is 10.4. The van der Waals surface area contributed by atoms with Gasteiger partial charge in [-0.3, -0.25) is 4.68 Å². The Morgan fingerprint density at radius 3 is 2.88 bits per heavy atom. The van der Waals surface area contributed by atoms with E-state index in [4.69, 9.17) is 12.2 Å². The van der Waals surface area contributed by atoms with E-state index in [1.165, 1.54) is 5.69 Å². The molecular weight excluding hydrogens is 220 g/mol. The van der Waals surface area contributed by atoms with E-state index in [2.05, 4.69) is 28.5 Å². The van der Waals surface area contributed by atoms with Crippen LogP contribution in [-0.2, 0) is 13.1 Å². The Hall–Kier alpha value is -1.36. The van der Waals surface area contributed by atoms with Crippen molar-refractivity contribution in [3.8, 4) is 0 Å². The van der Waals surface area contributed by atoms with Crippen molar-refractivity contribution in [2.24, 2.45) is 0 Å². The van der Waals surface area contributed by atoms with E-state index in [0.717, 1.165) is 17.9 Å². The van der Waals surface area contributed by atoms with Crippen LogP contribution in [0.3, 0.4) is 0 Å². The van der Waals surface area contributed by atoms with E-state index in [-0.39, 0.29) is 0 Å². The number of H-pyrrole nitrogens is 1. The Kier molecular flexibility index (Phi) is 3.24. The van der Waals surface area contributed by atoms with E-state index in [1.54, 1.807) is 6.20 Å². The molecular formula is C11H16N4S. The molecule has 86 valence electrons. The quantitative estimate of drug-likeness (QED) is 0.829. The second-order valence-corrected chi connectivity index (χ2v) is 4.48. The summed E-state index contributed by atoms with van der Waals surface area (Å²) in [5.74, 6) is 0.477. The minimum absolute atomic E-state index is 0.477. The lowest BCUT2D eigenvalue weighted by Crippen LogP contribution is -2.11. The molecule has 0 aliphatic rings. The molecule has 0 unspecified atom stereocenters. The summed E-state index contributed by atoms with van der Waals surface area (Å²) in [7, 11) is 0. The van der Waals surface area contributed by atoms with Crippen LogP contribution in [0.1, 0.15) is 25.5 Å². The first kappa shape index (κ1) is 11.1. The third-order valence-electron chi connectivity index (χ3n) is 2.60. The lowest BCUT2D eigenvalue weighted by atomic mass is 10.1. The van der Waals surface area contributed by atoms with Gasteiger partial charge in [0, 0.05) is 30.8 Å². The topological polar surface area (TPSA) is 38.5 Å². The second kappa shape index (κ2) is 4.65. The molecule has 0 atom stereocenters. The summed E-state index contributed by atoms with van der Waals surface area (Å²) in [6, 6.07) is 1.93. The van der Waals surface area contributed by atoms with E-state index < -0.39 is 0 Å². The summed E-state index contributed by atoms with van der Waals surface area (Å²) >= 11 is 5.26. The van der Waals surface area contributed by atoms with E-state index in [9.17, 15) is 0 Å². The molecule has 2 aromatic heterocycles. The number of rotatable bonds is 4. The van der Waals surface area contributed by atoms with Crippen LogP contribution in [0.4, 0.5) is 0 Å². The van der Waals surface area contributed by atoms with Gasteiger partial charge in [0.15, 0.2) is 4.77 Å². The standard InChI is InChI=1S/C11H16N4S/c1-9(2)10-8-12-11(16)15(10)7-6-14-5-3-4-13-14/h3-5,8-9H,6-7H2,1-2H3,(H,12,16). The first-order chi connectivity index (χ1) is 7.68. The van der Waals surface area contributed by atoms with Gasteiger partial charge in [-0.05, 0) is 24.2 Å². The molecule has 0 aromatic carbocycles. The van der Waals surface area contributed by atoms with Gasteiger partial charge in [0.1, 0.15) is 0 Å². The highest BCUT2D eigenvalue weighted by molar-refractivity contribution is 7.71. The van der Waals surface area contributed by atoms with Crippen molar-refractivity contribution in [3.05, 3.63) is 35.1 Å². The molecule has 4 nitrogen and oxygen atoms in total. The second-order valence-electron chi connectivity index (χ2n) is 4.09. The number of aromatic amines is 1. The molecule has 2 rings (SSSR count). The highest BCUT2D eigenvalue weighted by Crippen LogP contribution is 2.14.